The molecular weight excluding hydrogens is 472 g/mol. The van der Waals surface area contributed by atoms with Crippen LogP contribution in [0.15, 0.2) is 53.1 Å². The minimum absolute atomic E-state index is 0.130. The number of aryl methyl sites for hydroxylation is 1. The van der Waals surface area contributed by atoms with Crippen LogP contribution in [0.4, 0.5) is 5.69 Å². The quantitative estimate of drug-likeness (QED) is 0.377. The summed E-state index contributed by atoms with van der Waals surface area (Å²) in [5, 5.41) is 12.1. The van der Waals surface area contributed by atoms with E-state index >= 15 is 0 Å². The standard InChI is InChI=1S/C25H23ClN4O5/c1-15-25(16(2)30(28-15)11-18-5-3-4-6-20(18)26)27-24(31)13-32-12-19-10-22(35-29-19)17-7-8-21-23(9-17)34-14-33-21/h3-10H,11-14H2,1-2H3,(H,27,31). The Morgan fingerprint density at radius 1 is 1.14 bits per heavy atom. The van der Waals surface area contributed by atoms with Gasteiger partial charge in [0.05, 0.1) is 30.2 Å². The second kappa shape index (κ2) is 9.81. The topological polar surface area (TPSA) is 101 Å². The van der Waals surface area contributed by atoms with E-state index in [0.717, 1.165) is 16.8 Å². The zero-order valence-electron chi connectivity index (χ0n) is 19.2. The van der Waals surface area contributed by atoms with Crippen molar-refractivity contribution in [2.24, 2.45) is 0 Å². The highest BCUT2D eigenvalue weighted by Gasteiger charge is 2.17. The predicted molar refractivity (Wildman–Crippen MR) is 129 cm³/mol. The van der Waals surface area contributed by atoms with Crippen LogP contribution in [0.1, 0.15) is 22.6 Å². The van der Waals surface area contributed by atoms with E-state index in [2.05, 4.69) is 15.6 Å². The van der Waals surface area contributed by atoms with Crippen LogP contribution in [-0.2, 0) is 22.7 Å². The lowest BCUT2D eigenvalue weighted by Crippen LogP contribution is -2.19. The van der Waals surface area contributed by atoms with Crippen LogP contribution in [0.25, 0.3) is 11.3 Å². The van der Waals surface area contributed by atoms with Crippen molar-refractivity contribution in [3.05, 3.63) is 76.2 Å². The number of benzene rings is 2. The van der Waals surface area contributed by atoms with Crippen molar-refractivity contribution in [3.8, 4) is 22.8 Å². The molecule has 1 aliphatic rings. The van der Waals surface area contributed by atoms with Crippen LogP contribution in [0.2, 0.25) is 5.02 Å². The van der Waals surface area contributed by atoms with Gasteiger partial charge in [-0.2, -0.15) is 5.10 Å². The summed E-state index contributed by atoms with van der Waals surface area (Å²) in [5.41, 5.74) is 4.55. The van der Waals surface area contributed by atoms with E-state index in [-0.39, 0.29) is 25.9 Å². The molecule has 2 aromatic heterocycles. The molecule has 35 heavy (non-hydrogen) atoms. The van der Waals surface area contributed by atoms with Gasteiger partial charge in [0.1, 0.15) is 12.3 Å². The maximum Gasteiger partial charge on any atom is 0.250 e. The number of ether oxygens (including phenoxy) is 3. The lowest BCUT2D eigenvalue weighted by atomic mass is 10.1. The third-order valence-corrected chi connectivity index (χ3v) is 5.99. The van der Waals surface area contributed by atoms with Crippen molar-refractivity contribution in [1.82, 2.24) is 14.9 Å². The molecule has 0 saturated heterocycles. The van der Waals surface area contributed by atoms with Crippen molar-refractivity contribution >= 4 is 23.2 Å². The predicted octanol–water partition coefficient (Wildman–Crippen LogP) is 4.74. The number of aromatic nitrogens is 3. The van der Waals surface area contributed by atoms with Gasteiger partial charge in [-0.25, -0.2) is 0 Å². The van der Waals surface area contributed by atoms with E-state index < -0.39 is 0 Å². The average molecular weight is 495 g/mol. The Labute approximate surface area is 206 Å². The highest BCUT2D eigenvalue weighted by atomic mass is 35.5. The number of fused-ring (bicyclic) bond motifs is 1. The molecule has 180 valence electrons. The van der Waals surface area contributed by atoms with Crippen LogP contribution in [-0.4, -0.2) is 34.2 Å². The summed E-state index contributed by atoms with van der Waals surface area (Å²) < 4.78 is 23.5. The molecule has 9 nitrogen and oxygen atoms in total. The Kier molecular flexibility index (Phi) is 6.43. The zero-order valence-corrected chi connectivity index (χ0v) is 20.0. The first-order chi connectivity index (χ1) is 17.0. The molecule has 0 bridgehead atoms. The zero-order chi connectivity index (χ0) is 24.4. The van der Waals surface area contributed by atoms with Crippen LogP contribution in [0.3, 0.4) is 0 Å². The smallest absolute Gasteiger partial charge is 0.250 e. The Balaban J connectivity index is 1.15. The Morgan fingerprint density at radius 3 is 2.83 bits per heavy atom. The molecule has 10 heteroatoms. The number of carbonyl (C=O) groups excluding carboxylic acids is 1. The van der Waals surface area contributed by atoms with Gasteiger partial charge in [-0.1, -0.05) is 35.0 Å². The van der Waals surface area contributed by atoms with Gasteiger partial charge in [0.2, 0.25) is 12.7 Å². The van der Waals surface area contributed by atoms with E-state index in [1.165, 1.54) is 0 Å². The van der Waals surface area contributed by atoms with E-state index in [1.807, 2.05) is 61.0 Å². The highest BCUT2D eigenvalue weighted by Crippen LogP contribution is 2.36. The van der Waals surface area contributed by atoms with Crippen LogP contribution >= 0.6 is 11.6 Å². The minimum atomic E-state index is -0.284. The maximum atomic E-state index is 12.5. The normalized spacial score (nSPS) is 12.2. The fourth-order valence-corrected chi connectivity index (χ4v) is 4.00. The molecule has 0 saturated carbocycles. The van der Waals surface area contributed by atoms with Gasteiger partial charge in [0.25, 0.3) is 0 Å². The number of rotatable bonds is 8. The van der Waals surface area contributed by atoms with Gasteiger partial charge in [-0.3, -0.25) is 9.48 Å². The molecule has 5 rings (SSSR count). The summed E-state index contributed by atoms with van der Waals surface area (Å²) in [6.45, 7) is 4.46. The number of anilines is 1. The van der Waals surface area contributed by atoms with Crippen LogP contribution in [0, 0.1) is 13.8 Å². The second-order valence-corrected chi connectivity index (χ2v) is 8.49. The number of halogens is 1. The van der Waals surface area contributed by atoms with Gasteiger partial charge in [0.15, 0.2) is 17.3 Å². The number of carbonyl (C=O) groups is 1. The summed E-state index contributed by atoms with van der Waals surface area (Å²) in [4.78, 5) is 12.5. The van der Waals surface area contributed by atoms with Crippen molar-refractivity contribution in [1.29, 1.82) is 0 Å². The van der Waals surface area contributed by atoms with Gasteiger partial charge in [-0.05, 0) is 43.7 Å². The lowest BCUT2D eigenvalue weighted by molar-refractivity contribution is -0.121. The van der Waals surface area contributed by atoms with Crippen molar-refractivity contribution in [3.63, 3.8) is 0 Å². The first-order valence-corrected chi connectivity index (χ1v) is 11.4. The average Bonchev–Trinajstić information content (AvgIpc) is 3.57. The SMILES string of the molecule is Cc1nn(Cc2ccccc2Cl)c(C)c1NC(=O)COCc1cc(-c2ccc3c(c2)OCO3)on1. The van der Waals surface area contributed by atoms with Crippen molar-refractivity contribution in [2.45, 2.75) is 27.0 Å². The monoisotopic (exact) mass is 494 g/mol. The number of nitrogens with one attached hydrogen (secondary N) is 1. The summed E-state index contributed by atoms with van der Waals surface area (Å²) in [7, 11) is 0. The van der Waals surface area contributed by atoms with E-state index in [1.54, 1.807) is 6.07 Å². The molecule has 3 heterocycles. The van der Waals surface area contributed by atoms with Crippen LogP contribution in [0.5, 0.6) is 11.5 Å². The van der Waals surface area contributed by atoms with Gasteiger partial charge < -0.3 is 24.1 Å². The first-order valence-electron chi connectivity index (χ1n) is 11.0. The number of hydrogen-bond donors (Lipinski definition) is 1. The molecule has 0 aliphatic carbocycles. The number of amides is 1. The Morgan fingerprint density at radius 2 is 1.97 bits per heavy atom. The highest BCUT2D eigenvalue weighted by molar-refractivity contribution is 6.31. The molecule has 0 atom stereocenters. The first kappa shape index (κ1) is 22.9. The van der Waals surface area contributed by atoms with Gasteiger partial charge in [-0.15, -0.1) is 0 Å². The molecule has 0 fully saturated rings. The molecule has 2 aromatic carbocycles. The molecule has 0 spiro atoms. The van der Waals surface area contributed by atoms with E-state index in [4.69, 9.17) is 30.3 Å². The fourth-order valence-electron chi connectivity index (χ4n) is 3.81. The largest absolute Gasteiger partial charge is 0.454 e. The van der Waals surface area contributed by atoms with Crippen LogP contribution < -0.4 is 14.8 Å². The summed E-state index contributed by atoms with van der Waals surface area (Å²) in [5.74, 6) is 1.65. The van der Waals surface area contributed by atoms with E-state index in [0.29, 0.717) is 45.9 Å². The minimum Gasteiger partial charge on any atom is -0.454 e. The fraction of sp³-hybridized carbons (Fsp3) is 0.240. The third-order valence-electron chi connectivity index (χ3n) is 5.62. The molecule has 1 aliphatic heterocycles. The molecule has 1 amide bonds. The summed E-state index contributed by atoms with van der Waals surface area (Å²) in [6, 6.07) is 14.9. The van der Waals surface area contributed by atoms with Gasteiger partial charge in [0, 0.05) is 16.7 Å². The van der Waals surface area contributed by atoms with Crippen molar-refractivity contribution < 1.29 is 23.5 Å². The molecule has 4 aromatic rings. The molecule has 0 unspecified atom stereocenters. The number of hydrogen-bond acceptors (Lipinski definition) is 7. The van der Waals surface area contributed by atoms with Gasteiger partial charge >= 0.3 is 0 Å². The Bertz CT molecular complexity index is 1380. The number of nitrogens with zero attached hydrogens (tertiary/aromatic N) is 3. The Hall–Kier alpha value is -3.82. The summed E-state index contributed by atoms with van der Waals surface area (Å²) >= 11 is 6.27. The molecule has 1 N–H and O–H groups in total. The second-order valence-electron chi connectivity index (χ2n) is 8.09. The maximum absolute atomic E-state index is 12.5. The van der Waals surface area contributed by atoms with Crippen molar-refractivity contribution in [2.75, 3.05) is 18.7 Å². The lowest BCUT2D eigenvalue weighted by Gasteiger charge is -2.08. The summed E-state index contributed by atoms with van der Waals surface area (Å²) in [6.07, 6.45) is 0. The molecular formula is C25H23ClN4O5. The van der Waals surface area contributed by atoms with E-state index in [9.17, 15) is 4.79 Å². The third kappa shape index (κ3) is 5.01. The molecule has 0 radical (unpaired) electrons.